The highest BCUT2D eigenvalue weighted by Crippen LogP contribution is 2.23. The summed E-state index contributed by atoms with van der Waals surface area (Å²) in [5, 5.41) is 0. The first kappa shape index (κ1) is 13.2. The molecule has 0 aromatic heterocycles. The number of carbonyl (C=O) groups is 1. The molecule has 0 N–H and O–H groups in total. The van der Waals surface area contributed by atoms with Crippen LogP contribution in [0.25, 0.3) is 0 Å². The molecule has 0 atom stereocenters. The van der Waals surface area contributed by atoms with Crippen molar-refractivity contribution in [2.24, 2.45) is 0 Å². The number of methoxy groups -OCH3 is 1. The second kappa shape index (κ2) is 5.00. The molecule has 7 heteroatoms. The maximum absolute atomic E-state index is 11.2. The zero-order chi connectivity index (χ0) is 12.3. The molecule has 0 amide bonds. The van der Waals surface area contributed by atoms with Crippen LogP contribution in [-0.4, -0.2) is 27.8 Å². The third kappa shape index (κ3) is 3.63. The molecular formula is C9H9IO5S. The Hall–Kier alpha value is -0.830. The Morgan fingerprint density at radius 2 is 2.00 bits per heavy atom. The lowest BCUT2D eigenvalue weighted by atomic mass is 10.2. The average Bonchev–Trinajstić information content (AvgIpc) is 2.18. The summed E-state index contributed by atoms with van der Waals surface area (Å²) >= 11 is 1.88. The van der Waals surface area contributed by atoms with Gasteiger partial charge in [-0.25, -0.2) is 4.79 Å². The van der Waals surface area contributed by atoms with Crippen molar-refractivity contribution in [3.05, 3.63) is 27.3 Å². The molecule has 5 nitrogen and oxygen atoms in total. The third-order valence-corrected chi connectivity index (χ3v) is 2.92. The fourth-order valence-corrected chi connectivity index (χ4v) is 2.22. The number of halogens is 1. The van der Waals surface area contributed by atoms with Crippen molar-refractivity contribution in [2.75, 3.05) is 13.4 Å². The van der Waals surface area contributed by atoms with Crippen LogP contribution < -0.4 is 4.18 Å². The third-order valence-electron chi connectivity index (χ3n) is 1.59. The molecule has 0 heterocycles. The van der Waals surface area contributed by atoms with E-state index in [0.29, 0.717) is 9.13 Å². The van der Waals surface area contributed by atoms with Crippen LogP contribution in [0.1, 0.15) is 10.4 Å². The number of benzene rings is 1. The minimum Gasteiger partial charge on any atom is -0.465 e. The summed E-state index contributed by atoms with van der Waals surface area (Å²) in [7, 11) is -2.29. The van der Waals surface area contributed by atoms with E-state index in [1.165, 1.54) is 25.3 Å². The summed E-state index contributed by atoms with van der Waals surface area (Å²) < 4.78 is 31.6. The lowest BCUT2D eigenvalue weighted by molar-refractivity contribution is 0.0600. The molecule has 1 aromatic carbocycles. The second-order valence-electron chi connectivity index (χ2n) is 2.92. The standard InChI is InChI=1S/C9H9IO5S/c1-14-9(11)6-3-4-8(7(10)5-6)15-16(2,12)13/h3-5H,1-2H3. The van der Waals surface area contributed by atoms with Gasteiger partial charge >= 0.3 is 16.1 Å². The zero-order valence-corrected chi connectivity index (χ0v) is 11.5. The van der Waals surface area contributed by atoms with Crippen molar-refractivity contribution in [2.45, 2.75) is 0 Å². The average molecular weight is 356 g/mol. The normalized spacial score (nSPS) is 10.9. The molecule has 0 spiro atoms. The van der Waals surface area contributed by atoms with Gasteiger partial charge in [-0.1, -0.05) is 0 Å². The molecule has 0 saturated carbocycles. The van der Waals surface area contributed by atoms with Gasteiger partial charge in [0.25, 0.3) is 0 Å². The molecule has 16 heavy (non-hydrogen) atoms. The maximum atomic E-state index is 11.2. The first-order valence-electron chi connectivity index (χ1n) is 4.11. The number of rotatable bonds is 3. The van der Waals surface area contributed by atoms with Crippen molar-refractivity contribution in [3.63, 3.8) is 0 Å². The van der Waals surface area contributed by atoms with Crippen LogP contribution in [0.4, 0.5) is 0 Å². The van der Waals surface area contributed by atoms with Crippen molar-refractivity contribution in [1.29, 1.82) is 0 Å². The van der Waals surface area contributed by atoms with E-state index < -0.39 is 16.1 Å². The monoisotopic (exact) mass is 356 g/mol. The van der Waals surface area contributed by atoms with Gasteiger partial charge in [0.2, 0.25) is 0 Å². The second-order valence-corrected chi connectivity index (χ2v) is 5.66. The first-order chi connectivity index (χ1) is 7.33. The summed E-state index contributed by atoms with van der Waals surface area (Å²) in [5.74, 6) is -0.292. The van der Waals surface area contributed by atoms with E-state index in [2.05, 4.69) is 4.74 Å². The summed E-state index contributed by atoms with van der Waals surface area (Å²) in [6.45, 7) is 0. The maximum Gasteiger partial charge on any atom is 0.337 e. The molecule has 0 saturated heterocycles. The number of ether oxygens (including phenoxy) is 1. The van der Waals surface area contributed by atoms with Gasteiger partial charge in [-0.3, -0.25) is 0 Å². The fraction of sp³-hybridized carbons (Fsp3) is 0.222. The Morgan fingerprint density at radius 3 is 2.44 bits per heavy atom. The smallest absolute Gasteiger partial charge is 0.337 e. The van der Waals surface area contributed by atoms with Crippen molar-refractivity contribution >= 4 is 38.7 Å². The topological polar surface area (TPSA) is 69.7 Å². The lowest BCUT2D eigenvalue weighted by Gasteiger charge is -2.06. The van der Waals surface area contributed by atoms with Crippen LogP contribution >= 0.6 is 22.6 Å². The molecule has 1 rings (SSSR count). The quantitative estimate of drug-likeness (QED) is 0.466. The van der Waals surface area contributed by atoms with Crippen molar-refractivity contribution in [1.82, 2.24) is 0 Å². The van der Waals surface area contributed by atoms with Crippen LogP contribution in [0.2, 0.25) is 0 Å². The van der Waals surface area contributed by atoms with Gasteiger partial charge in [0.1, 0.15) is 0 Å². The van der Waals surface area contributed by atoms with Crippen molar-refractivity contribution in [3.8, 4) is 5.75 Å². The number of esters is 1. The molecule has 88 valence electrons. The Labute approximate surface area is 107 Å². The minimum atomic E-state index is -3.56. The molecule has 0 aliphatic rings. The van der Waals surface area contributed by atoms with E-state index in [4.69, 9.17) is 4.18 Å². The van der Waals surface area contributed by atoms with Crippen LogP contribution in [-0.2, 0) is 14.9 Å². The van der Waals surface area contributed by atoms with Gasteiger partial charge < -0.3 is 8.92 Å². The first-order valence-corrected chi connectivity index (χ1v) is 7.00. The Bertz CT molecular complexity index is 509. The summed E-state index contributed by atoms with van der Waals surface area (Å²) in [6.07, 6.45) is 0.956. The molecule has 0 fully saturated rings. The van der Waals surface area contributed by atoms with E-state index in [0.717, 1.165) is 6.26 Å². The Morgan fingerprint density at radius 1 is 1.38 bits per heavy atom. The van der Waals surface area contributed by atoms with Crippen LogP contribution in [0.3, 0.4) is 0 Å². The van der Waals surface area contributed by atoms with E-state index in [-0.39, 0.29) is 5.75 Å². The molecule has 0 radical (unpaired) electrons. The molecule has 0 aliphatic heterocycles. The van der Waals surface area contributed by atoms with Gasteiger partial charge in [-0.05, 0) is 40.8 Å². The highest BCUT2D eigenvalue weighted by atomic mass is 127. The lowest BCUT2D eigenvalue weighted by Crippen LogP contribution is -2.08. The molecule has 0 bridgehead atoms. The van der Waals surface area contributed by atoms with Crippen LogP contribution in [0, 0.1) is 3.57 Å². The molecular weight excluding hydrogens is 347 g/mol. The SMILES string of the molecule is COC(=O)c1ccc(OS(C)(=O)=O)c(I)c1. The van der Waals surface area contributed by atoms with E-state index >= 15 is 0 Å². The Balaban J connectivity index is 3.05. The van der Waals surface area contributed by atoms with Gasteiger partial charge in [0.05, 0.1) is 22.5 Å². The highest BCUT2D eigenvalue weighted by Gasteiger charge is 2.12. The summed E-state index contributed by atoms with van der Waals surface area (Å²) in [6, 6.07) is 4.34. The van der Waals surface area contributed by atoms with Crippen LogP contribution in [0.15, 0.2) is 18.2 Å². The largest absolute Gasteiger partial charge is 0.465 e. The molecule has 0 aliphatic carbocycles. The summed E-state index contributed by atoms with van der Waals surface area (Å²) in [4.78, 5) is 11.2. The molecule has 1 aromatic rings. The van der Waals surface area contributed by atoms with Crippen molar-refractivity contribution < 1.29 is 22.1 Å². The zero-order valence-electron chi connectivity index (χ0n) is 8.56. The number of carbonyl (C=O) groups excluding carboxylic acids is 1. The minimum absolute atomic E-state index is 0.191. The van der Waals surface area contributed by atoms with E-state index in [1.807, 2.05) is 22.6 Å². The van der Waals surface area contributed by atoms with E-state index in [9.17, 15) is 13.2 Å². The van der Waals surface area contributed by atoms with Gasteiger partial charge in [-0.15, -0.1) is 0 Å². The predicted octanol–water partition coefficient (Wildman–Crippen LogP) is 1.42. The summed E-state index contributed by atoms with van der Waals surface area (Å²) in [5.41, 5.74) is 0.341. The number of hydrogen-bond acceptors (Lipinski definition) is 5. The van der Waals surface area contributed by atoms with Crippen LogP contribution in [0.5, 0.6) is 5.75 Å². The predicted molar refractivity (Wildman–Crippen MR) is 66.0 cm³/mol. The number of hydrogen-bond donors (Lipinski definition) is 0. The van der Waals surface area contributed by atoms with E-state index in [1.54, 1.807) is 0 Å². The van der Waals surface area contributed by atoms with Gasteiger partial charge in [0, 0.05) is 0 Å². The van der Waals surface area contributed by atoms with Gasteiger partial charge in [0.15, 0.2) is 5.75 Å². The fourth-order valence-electron chi connectivity index (χ4n) is 0.976. The van der Waals surface area contributed by atoms with Gasteiger partial charge in [-0.2, -0.15) is 8.42 Å². The molecule has 0 unspecified atom stereocenters. The highest BCUT2D eigenvalue weighted by molar-refractivity contribution is 14.1. The Kier molecular flexibility index (Phi) is 4.14.